The van der Waals surface area contributed by atoms with E-state index < -0.39 is 0 Å². The van der Waals surface area contributed by atoms with Gasteiger partial charge in [0.05, 0.1) is 0 Å². The summed E-state index contributed by atoms with van der Waals surface area (Å²) in [6.07, 6.45) is 15.7. The molecule has 5 heteroatoms. The van der Waals surface area contributed by atoms with Gasteiger partial charge in [-0.25, -0.2) is 5.48 Å². The van der Waals surface area contributed by atoms with E-state index in [2.05, 4.69) is 51.3 Å². The molecule has 0 radical (unpaired) electrons. The molecule has 0 aromatic heterocycles. The zero-order valence-electron chi connectivity index (χ0n) is 19.5. The van der Waals surface area contributed by atoms with Crippen LogP contribution in [0.2, 0.25) is 0 Å². The molecule has 2 N–H and O–H groups in total. The van der Waals surface area contributed by atoms with Crippen LogP contribution in [0.15, 0.2) is 24.3 Å². The summed E-state index contributed by atoms with van der Waals surface area (Å²) in [5.74, 6) is 1.74. The second-order valence-electron chi connectivity index (χ2n) is 8.44. The van der Waals surface area contributed by atoms with Gasteiger partial charge >= 0.3 is 0 Å². The molecule has 0 heterocycles. The maximum atomic E-state index is 10.4. The van der Waals surface area contributed by atoms with Gasteiger partial charge in [0.2, 0.25) is 5.91 Å². The quantitative estimate of drug-likeness (QED) is 0.211. The van der Waals surface area contributed by atoms with Gasteiger partial charge in [-0.1, -0.05) is 70.1 Å². The van der Waals surface area contributed by atoms with Gasteiger partial charge < -0.3 is 4.74 Å². The van der Waals surface area contributed by atoms with Gasteiger partial charge in [-0.3, -0.25) is 10.0 Å². The predicted octanol–water partition coefficient (Wildman–Crippen LogP) is 6.93. The van der Waals surface area contributed by atoms with Crippen molar-refractivity contribution in [2.75, 3.05) is 6.26 Å². The standard InChI is InChI=1S/C18H28OS.C7H15NO2/c1-14-8-4-7-11-17(14)19-15(2)18(20-3)13-12-16-9-5-6-10-16;1-2-3-4-5-6-7(9)8-10/h4,7-8,11,15-16,18H,5-6,9-10,12-13H2,1-3H3;10H,2-6H2,1H3,(H,8,9). The molecular formula is C25H43NO3S. The van der Waals surface area contributed by atoms with Gasteiger partial charge in [0, 0.05) is 11.7 Å². The average molecular weight is 438 g/mol. The van der Waals surface area contributed by atoms with Crippen molar-refractivity contribution in [1.29, 1.82) is 0 Å². The number of hydrogen-bond acceptors (Lipinski definition) is 4. The molecule has 2 unspecified atom stereocenters. The second-order valence-corrected chi connectivity index (χ2v) is 9.51. The van der Waals surface area contributed by atoms with Crippen LogP contribution in [-0.2, 0) is 4.79 Å². The van der Waals surface area contributed by atoms with Crippen LogP contribution < -0.4 is 10.2 Å². The van der Waals surface area contributed by atoms with Crippen LogP contribution in [-0.4, -0.2) is 28.7 Å². The summed E-state index contributed by atoms with van der Waals surface area (Å²) in [7, 11) is 0. The number of carbonyl (C=O) groups is 1. The normalized spacial score (nSPS) is 15.8. The lowest BCUT2D eigenvalue weighted by molar-refractivity contribution is -0.129. The molecule has 4 nitrogen and oxygen atoms in total. The van der Waals surface area contributed by atoms with E-state index in [1.165, 1.54) is 56.9 Å². The van der Waals surface area contributed by atoms with Crippen LogP contribution in [0.3, 0.4) is 0 Å². The number of aryl methyl sites for hydroxylation is 1. The molecule has 0 bridgehead atoms. The van der Waals surface area contributed by atoms with Crippen LogP contribution in [0.4, 0.5) is 0 Å². The van der Waals surface area contributed by atoms with Crippen molar-refractivity contribution < 1.29 is 14.7 Å². The van der Waals surface area contributed by atoms with Crippen LogP contribution in [0.25, 0.3) is 0 Å². The van der Waals surface area contributed by atoms with Gasteiger partial charge in [-0.15, -0.1) is 0 Å². The van der Waals surface area contributed by atoms with Crippen molar-refractivity contribution >= 4 is 17.7 Å². The number of benzene rings is 1. The number of unbranched alkanes of at least 4 members (excludes halogenated alkanes) is 3. The molecule has 2 rings (SSSR count). The van der Waals surface area contributed by atoms with Crippen LogP contribution in [0.1, 0.15) is 90.0 Å². The molecule has 1 aliphatic carbocycles. The molecule has 0 spiro atoms. The third-order valence-electron chi connectivity index (χ3n) is 5.95. The Labute approximate surface area is 188 Å². The number of para-hydroxylation sites is 1. The number of rotatable bonds is 12. The Balaban J connectivity index is 0.000000382. The fourth-order valence-corrected chi connectivity index (χ4v) is 4.79. The smallest absolute Gasteiger partial charge is 0.243 e. The third-order valence-corrected chi connectivity index (χ3v) is 7.17. The lowest BCUT2D eigenvalue weighted by Gasteiger charge is -2.25. The van der Waals surface area contributed by atoms with Crippen molar-refractivity contribution in [3.63, 3.8) is 0 Å². The highest BCUT2D eigenvalue weighted by Gasteiger charge is 2.22. The van der Waals surface area contributed by atoms with E-state index in [1.54, 1.807) is 5.48 Å². The molecule has 1 aliphatic rings. The lowest BCUT2D eigenvalue weighted by atomic mass is 9.99. The van der Waals surface area contributed by atoms with E-state index in [-0.39, 0.29) is 12.0 Å². The Hall–Kier alpha value is -1.20. The van der Waals surface area contributed by atoms with E-state index in [9.17, 15) is 4.79 Å². The predicted molar refractivity (Wildman–Crippen MR) is 128 cm³/mol. The van der Waals surface area contributed by atoms with Gasteiger partial charge in [0.25, 0.3) is 0 Å². The molecule has 1 saturated carbocycles. The summed E-state index contributed by atoms with van der Waals surface area (Å²) >= 11 is 1.96. The lowest BCUT2D eigenvalue weighted by Crippen LogP contribution is -2.26. The minimum absolute atomic E-state index is 0.281. The number of hydrogen-bond donors (Lipinski definition) is 2. The van der Waals surface area contributed by atoms with E-state index in [0.29, 0.717) is 11.7 Å². The Kier molecular flexibility index (Phi) is 14.7. The van der Waals surface area contributed by atoms with Crippen LogP contribution in [0, 0.1) is 12.8 Å². The SMILES string of the molecule is CCCCCCC(=O)NO.CSC(CCC1CCCC1)C(C)Oc1ccccc1C. The molecule has 172 valence electrons. The number of thioether (sulfide) groups is 1. The molecule has 0 saturated heterocycles. The van der Waals surface area contributed by atoms with Gasteiger partial charge in [0.15, 0.2) is 0 Å². The average Bonchev–Trinajstić information content (AvgIpc) is 3.27. The van der Waals surface area contributed by atoms with Gasteiger partial charge in [-0.2, -0.15) is 11.8 Å². The monoisotopic (exact) mass is 437 g/mol. The molecule has 1 amide bonds. The van der Waals surface area contributed by atoms with E-state index in [1.807, 2.05) is 11.8 Å². The number of hydroxylamine groups is 1. The van der Waals surface area contributed by atoms with E-state index in [4.69, 9.17) is 9.94 Å². The van der Waals surface area contributed by atoms with Gasteiger partial charge in [0.1, 0.15) is 11.9 Å². The Morgan fingerprint density at radius 2 is 1.93 bits per heavy atom. The van der Waals surface area contributed by atoms with Gasteiger partial charge in [-0.05, 0) is 56.9 Å². The van der Waals surface area contributed by atoms with Crippen LogP contribution >= 0.6 is 11.8 Å². The minimum atomic E-state index is -0.281. The second kappa shape index (κ2) is 16.5. The van der Waals surface area contributed by atoms with Crippen molar-refractivity contribution in [3.05, 3.63) is 29.8 Å². The zero-order chi connectivity index (χ0) is 22.2. The fraction of sp³-hybridized carbons (Fsp3) is 0.720. The first-order valence-corrected chi connectivity index (χ1v) is 13.0. The number of nitrogens with one attached hydrogen (secondary N) is 1. The van der Waals surface area contributed by atoms with Crippen molar-refractivity contribution in [1.82, 2.24) is 5.48 Å². The largest absolute Gasteiger partial charge is 0.489 e. The topological polar surface area (TPSA) is 58.6 Å². The Bertz CT molecular complexity index is 575. The Morgan fingerprint density at radius 3 is 2.53 bits per heavy atom. The maximum Gasteiger partial charge on any atom is 0.243 e. The summed E-state index contributed by atoms with van der Waals surface area (Å²) in [5.41, 5.74) is 2.83. The number of carbonyl (C=O) groups excluding carboxylic acids is 1. The maximum absolute atomic E-state index is 10.4. The Morgan fingerprint density at radius 1 is 1.23 bits per heavy atom. The van der Waals surface area contributed by atoms with Crippen molar-refractivity contribution in [2.24, 2.45) is 5.92 Å². The summed E-state index contributed by atoms with van der Waals surface area (Å²) in [5, 5.41) is 8.70. The molecule has 1 fully saturated rings. The highest BCUT2D eigenvalue weighted by atomic mass is 32.2. The molecule has 1 aromatic carbocycles. The highest BCUT2D eigenvalue weighted by Crippen LogP contribution is 2.32. The first kappa shape index (κ1) is 26.8. The van der Waals surface area contributed by atoms with Crippen LogP contribution in [0.5, 0.6) is 5.75 Å². The highest BCUT2D eigenvalue weighted by molar-refractivity contribution is 7.99. The fourth-order valence-electron chi connectivity index (χ4n) is 3.98. The number of ether oxygens (including phenoxy) is 1. The van der Waals surface area contributed by atoms with E-state index in [0.717, 1.165) is 24.5 Å². The third kappa shape index (κ3) is 11.3. The summed E-state index contributed by atoms with van der Waals surface area (Å²) < 4.78 is 6.19. The summed E-state index contributed by atoms with van der Waals surface area (Å²) in [6.45, 7) is 6.46. The first-order valence-electron chi connectivity index (χ1n) is 11.7. The molecular weight excluding hydrogens is 394 g/mol. The minimum Gasteiger partial charge on any atom is -0.489 e. The zero-order valence-corrected chi connectivity index (χ0v) is 20.3. The summed E-state index contributed by atoms with van der Waals surface area (Å²) in [4.78, 5) is 10.4. The molecule has 0 aliphatic heterocycles. The molecule has 1 aromatic rings. The van der Waals surface area contributed by atoms with E-state index >= 15 is 0 Å². The van der Waals surface area contributed by atoms with Crippen molar-refractivity contribution in [2.45, 2.75) is 103 Å². The number of amides is 1. The van der Waals surface area contributed by atoms with Crippen molar-refractivity contribution in [3.8, 4) is 5.75 Å². The molecule has 2 atom stereocenters. The summed E-state index contributed by atoms with van der Waals surface area (Å²) in [6, 6.07) is 8.33. The first-order chi connectivity index (χ1) is 14.5. The molecule has 30 heavy (non-hydrogen) atoms.